The Kier molecular flexibility index (Phi) is 4.63. The summed E-state index contributed by atoms with van der Waals surface area (Å²) in [6.45, 7) is 3.91. The molecule has 2 saturated heterocycles. The summed E-state index contributed by atoms with van der Waals surface area (Å²) < 4.78 is 0. The van der Waals surface area contributed by atoms with E-state index in [1.807, 2.05) is 28.5 Å². The van der Waals surface area contributed by atoms with Gasteiger partial charge in [0, 0.05) is 37.5 Å². The Morgan fingerprint density at radius 1 is 1.17 bits per heavy atom. The lowest BCUT2D eigenvalue weighted by Crippen LogP contribution is -2.56. The normalized spacial score (nSPS) is 21.5. The molecule has 4 rings (SSSR count). The van der Waals surface area contributed by atoms with Gasteiger partial charge in [-0.2, -0.15) is 0 Å². The second-order valence-electron chi connectivity index (χ2n) is 6.73. The molecule has 4 nitrogen and oxygen atoms in total. The molecule has 3 heterocycles. The van der Waals surface area contributed by atoms with Crippen molar-refractivity contribution in [1.82, 2.24) is 14.8 Å². The smallest absolute Gasteiger partial charge is 0.273 e. The fraction of sp³-hybridized carbons (Fsp3) is 0.474. The van der Waals surface area contributed by atoms with E-state index in [0.29, 0.717) is 11.7 Å². The Labute approximate surface area is 147 Å². The van der Waals surface area contributed by atoms with Crippen LogP contribution in [0.5, 0.6) is 0 Å². The standard InChI is InChI=1S/C19H23N3OS/c23-19(22-11-10-21-9-5-4-8-16(21)13-22)17-14-24-18(20-17)12-15-6-2-1-3-7-15/h1-3,6-7,14,16H,4-5,8-13H2/t16-/m0/s1. The monoisotopic (exact) mass is 341 g/mol. The molecule has 0 bridgehead atoms. The van der Waals surface area contributed by atoms with Gasteiger partial charge in [-0.15, -0.1) is 11.3 Å². The molecular formula is C19H23N3OS. The highest BCUT2D eigenvalue weighted by Crippen LogP contribution is 2.23. The van der Waals surface area contributed by atoms with E-state index in [-0.39, 0.29) is 5.91 Å². The van der Waals surface area contributed by atoms with Crippen molar-refractivity contribution in [3.05, 3.63) is 52.0 Å². The van der Waals surface area contributed by atoms with Crippen molar-refractivity contribution in [2.24, 2.45) is 0 Å². The first kappa shape index (κ1) is 15.8. The van der Waals surface area contributed by atoms with Crippen LogP contribution in [0.25, 0.3) is 0 Å². The first-order valence-electron chi connectivity index (χ1n) is 8.81. The van der Waals surface area contributed by atoms with Gasteiger partial charge in [-0.3, -0.25) is 9.69 Å². The number of carbonyl (C=O) groups is 1. The van der Waals surface area contributed by atoms with Crippen molar-refractivity contribution in [1.29, 1.82) is 0 Å². The van der Waals surface area contributed by atoms with Crippen LogP contribution in [0.2, 0.25) is 0 Å². The fourth-order valence-corrected chi connectivity index (χ4v) is 4.57. The van der Waals surface area contributed by atoms with Crippen LogP contribution in [0.15, 0.2) is 35.7 Å². The van der Waals surface area contributed by atoms with E-state index >= 15 is 0 Å². The van der Waals surface area contributed by atoms with Crippen molar-refractivity contribution < 1.29 is 4.79 Å². The summed E-state index contributed by atoms with van der Waals surface area (Å²) >= 11 is 1.59. The molecule has 24 heavy (non-hydrogen) atoms. The molecule has 0 aliphatic carbocycles. The molecule has 2 fully saturated rings. The quantitative estimate of drug-likeness (QED) is 0.861. The number of nitrogens with zero attached hydrogens (tertiary/aromatic N) is 3. The lowest BCUT2D eigenvalue weighted by Gasteiger charge is -2.43. The average molecular weight is 341 g/mol. The number of amides is 1. The third-order valence-electron chi connectivity index (χ3n) is 5.09. The van der Waals surface area contributed by atoms with Gasteiger partial charge in [0.05, 0.1) is 5.01 Å². The minimum absolute atomic E-state index is 0.107. The minimum Gasteiger partial charge on any atom is -0.334 e. The number of hydrogen-bond acceptors (Lipinski definition) is 4. The van der Waals surface area contributed by atoms with Crippen LogP contribution >= 0.6 is 11.3 Å². The highest BCUT2D eigenvalue weighted by Gasteiger charge is 2.31. The van der Waals surface area contributed by atoms with Gasteiger partial charge < -0.3 is 4.90 Å². The van der Waals surface area contributed by atoms with E-state index in [4.69, 9.17) is 0 Å². The number of aromatic nitrogens is 1. The lowest BCUT2D eigenvalue weighted by molar-refractivity contribution is 0.0369. The predicted octanol–water partition coefficient (Wildman–Crippen LogP) is 3.04. The number of piperidine rings is 1. The second-order valence-corrected chi connectivity index (χ2v) is 7.67. The molecule has 2 aliphatic rings. The largest absolute Gasteiger partial charge is 0.334 e. The van der Waals surface area contributed by atoms with E-state index < -0.39 is 0 Å². The summed E-state index contributed by atoms with van der Waals surface area (Å²) in [4.78, 5) is 21.9. The van der Waals surface area contributed by atoms with E-state index in [1.54, 1.807) is 11.3 Å². The number of benzene rings is 1. The van der Waals surface area contributed by atoms with Gasteiger partial charge >= 0.3 is 0 Å². The highest BCUT2D eigenvalue weighted by atomic mass is 32.1. The molecule has 1 aromatic heterocycles. The average Bonchev–Trinajstić information content (AvgIpc) is 3.10. The van der Waals surface area contributed by atoms with E-state index in [9.17, 15) is 4.79 Å². The van der Waals surface area contributed by atoms with E-state index in [0.717, 1.165) is 31.1 Å². The van der Waals surface area contributed by atoms with Crippen molar-refractivity contribution in [2.75, 3.05) is 26.2 Å². The van der Waals surface area contributed by atoms with Gasteiger partial charge in [0.25, 0.3) is 5.91 Å². The van der Waals surface area contributed by atoms with Gasteiger partial charge in [0.1, 0.15) is 5.69 Å². The van der Waals surface area contributed by atoms with Crippen LogP contribution < -0.4 is 0 Å². The Hall–Kier alpha value is -1.72. The molecule has 0 radical (unpaired) electrons. The summed E-state index contributed by atoms with van der Waals surface area (Å²) in [5.41, 5.74) is 1.86. The number of thiazole rings is 1. The topological polar surface area (TPSA) is 36.4 Å². The first-order valence-corrected chi connectivity index (χ1v) is 9.69. The van der Waals surface area contributed by atoms with Gasteiger partial charge in [0.2, 0.25) is 0 Å². The lowest BCUT2D eigenvalue weighted by atomic mass is 9.99. The summed E-state index contributed by atoms with van der Waals surface area (Å²) in [6, 6.07) is 10.9. The Morgan fingerprint density at radius 2 is 2.04 bits per heavy atom. The summed E-state index contributed by atoms with van der Waals surface area (Å²) in [6.07, 6.45) is 4.62. The van der Waals surface area contributed by atoms with Crippen molar-refractivity contribution in [2.45, 2.75) is 31.7 Å². The van der Waals surface area contributed by atoms with Gasteiger partial charge in [-0.25, -0.2) is 4.98 Å². The molecule has 0 saturated carbocycles. The maximum absolute atomic E-state index is 12.8. The molecule has 1 amide bonds. The molecule has 1 atom stereocenters. The maximum atomic E-state index is 12.8. The van der Waals surface area contributed by atoms with E-state index in [1.165, 1.54) is 31.4 Å². The first-order chi connectivity index (χ1) is 11.8. The van der Waals surface area contributed by atoms with E-state index in [2.05, 4.69) is 22.0 Å². The van der Waals surface area contributed by atoms with Crippen molar-refractivity contribution >= 4 is 17.2 Å². The molecule has 1 aromatic carbocycles. The van der Waals surface area contributed by atoms with Crippen LogP contribution in [-0.4, -0.2) is 52.9 Å². The zero-order valence-corrected chi connectivity index (χ0v) is 14.7. The highest BCUT2D eigenvalue weighted by molar-refractivity contribution is 7.09. The van der Waals surface area contributed by atoms with Gasteiger partial charge in [-0.1, -0.05) is 36.8 Å². The SMILES string of the molecule is O=C(c1csc(Cc2ccccc2)n1)N1CCN2CCCC[C@H]2C1. The van der Waals surface area contributed by atoms with Gasteiger partial charge in [0.15, 0.2) is 0 Å². The molecule has 126 valence electrons. The fourth-order valence-electron chi connectivity index (χ4n) is 3.76. The number of fused-ring (bicyclic) bond motifs is 1. The molecule has 2 aliphatic heterocycles. The third kappa shape index (κ3) is 3.37. The van der Waals surface area contributed by atoms with Gasteiger partial charge in [-0.05, 0) is 24.9 Å². The maximum Gasteiger partial charge on any atom is 0.273 e. The van der Waals surface area contributed by atoms with Crippen LogP contribution in [0, 0.1) is 0 Å². The summed E-state index contributed by atoms with van der Waals surface area (Å²) in [5, 5.41) is 2.94. The molecule has 2 aromatic rings. The van der Waals surface area contributed by atoms with Crippen molar-refractivity contribution in [3.8, 4) is 0 Å². The summed E-state index contributed by atoms with van der Waals surface area (Å²) in [5.74, 6) is 0.107. The van der Waals surface area contributed by atoms with Crippen LogP contribution in [-0.2, 0) is 6.42 Å². The second kappa shape index (κ2) is 7.03. The zero-order valence-electron chi connectivity index (χ0n) is 13.9. The Morgan fingerprint density at radius 3 is 2.92 bits per heavy atom. The zero-order chi connectivity index (χ0) is 16.4. The van der Waals surface area contributed by atoms with Crippen LogP contribution in [0.1, 0.15) is 40.3 Å². The minimum atomic E-state index is 0.107. The summed E-state index contributed by atoms with van der Waals surface area (Å²) in [7, 11) is 0. The molecule has 0 N–H and O–H groups in total. The third-order valence-corrected chi connectivity index (χ3v) is 5.94. The number of hydrogen-bond donors (Lipinski definition) is 0. The predicted molar refractivity (Wildman–Crippen MR) is 96.5 cm³/mol. The molecule has 5 heteroatoms. The van der Waals surface area contributed by atoms with Crippen LogP contribution in [0.3, 0.4) is 0 Å². The molecular weight excluding hydrogens is 318 g/mol. The molecule has 0 spiro atoms. The molecule has 0 unspecified atom stereocenters. The number of piperazine rings is 1. The number of carbonyl (C=O) groups excluding carboxylic acids is 1. The number of rotatable bonds is 3. The van der Waals surface area contributed by atoms with Crippen molar-refractivity contribution in [3.63, 3.8) is 0 Å². The Balaban J connectivity index is 1.41. The van der Waals surface area contributed by atoms with Crippen LogP contribution in [0.4, 0.5) is 0 Å². The Bertz CT molecular complexity index is 700.